The number of carbonyl (C=O) groups excluding carboxylic acids is 2. The summed E-state index contributed by atoms with van der Waals surface area (Å²) in [6.45, 7) is 4.59. The number of nitrogens with one attached hydrogen (secondary N) is 2. The second-order valence-electron chi connectivity index (χ2n) is 6.88. The Labute approximate surface area is 164 Å². The van der Waals surface area contributed by atoms with Crippen LogP contribution in [0.3, 0.4) is 0 Å². The van der Waals surface area contributed by atoms with E-state index in [9.17, 15) is 18.4 Å². The predicted molar refractivity (Wildman–Crippen MR) is 102 cm³/mol. The van der Waals surface area contributed by atoms with Crippen LogP contribution < -0.4 is 15.4 Å². The lowest BCUT2D eigenvalue weighted by molar-refractivity contribution is -0.124. The van der Waals surface area contributed by atoms with Crippen molar-refractivity contribution in [1.29, 1.82) is 0 Å². The Balaban J connectivity index is 1.69. The molecular weight excluding hydrogens is 370 g/mol. The lowest BCUT2D eigenvalue weighted by Crippen LogP contribution is -2.51. The van der Waals surface area contributed by atoms with Crippen LogP contribution in [0.4, 0.5) is 14.5 Å². The molecule has 1 aromatic rings. The summed E-state index contributed by atoms with van der Waals surface area (Å²) < 4.78 is 28.5. The number of nitrogens with zero attached hydrogens (tertiary/aromatic N) is 2. The number of anilines is 1. The Morgan fingerprint density at radius 1 is 1.04 bits per heavy atom. The smallest absolute Gasteiger partial charge is 0.387 e. The first-order valence-corrected chi connectivity index (χ1v) is 9.44. The number of piperazine rings is 1. The van der Waals surface area contributed by atoms with Crippen molar-refractivity contribution in [2.45, 2.75) is 32.9 Å². The van der Waals surface area contributed by atoms with Gasteiger partial charge in [-0.25, -0.2) is 0 Å². The Morgan fingerprint density at radius 2 is 1.57 bits per heavy atom. The fraction of sp³-hybridized carbons (Fsp3) is 0.579. The maximum Gasteiger partial charge on any atom is 0.387 e. The van der Waals surface area contributed by atoms with Crippen molar-refractivity contribution in [3.05, 3.63) is 24.3 Å². The van der Waals surface area contributed by atoms with Gasteiger partial charge in [-0.15, -0.1) is 0 Å². The van der Waals surface area contributed by atoms with E-state index >= 15 is 0 Å². The van der Waals surface area contributed by atoms with Gasteiger partial charge in [-0.2, -0.15) is 8.78 Å². The van der Waals surface area contributed by atoms with Crippen LogP contribution in [-0.2, 0) is 9.59 Å². The van der Waals surface area contributed by atoms with E-state index in [4.69, 9.17) is 0 Å². The van der Waals surface area contributed by atoms with E-state index in [1.54, 1.807) is 0 Å². The molecule has 1 fully saturated rings. The standard InChI is InChI=1S/C19H28F2N4O3/c1-3-14(2)22-17(26)12-24-8-10-25(11-9-24)13-18(27)23-15-4-6-16(7-5-15)28-19(20)21/h4-7,14,19H,3,8-13H2,1-2H3,(H,22,26)(H,23,27). The van der Waals surface area contributed by atoms with Crippen molar-refractivity contribution >= 4 is 17.5 Å². The van der Waals surface area contributed by atoms with Gasteiger partial charge in [0.1, 0.15) is 5.75 Å². The number of alkyl halides is 2. The number of rotatable bonds is 9. The number of ether oxygens (including phenoxy) is 1. The molecule has 7 nitrogen and oxygen atoms in total. The number of hydrogen-bond acceptors (Lipinski definition) is 5. The van der Waals surface area contributed by atoms with E-state index < -0.39 is 6.61 Å². The summed E-state index contributed by atoms with van der Waals surface area (Å²) in [5.41, 5.74) is 0.520. The molecule has 1 aliphatic rings. The number of carbonyl (C=O) groups is 2. The Kier molecular flexibility index (Phi) is 8.59. The third kappa shape index (κ3) is 7.77. The number of amides is 2. The van der Waals surface area contributed by atoms with Crippen LogP contribution >= 0.6 is 0 Å². The zero-order valence-corrected chi connectivity index (χ0v) is 16.3. The van der Waals surface area contributed by atoms with Gasteiger partial charge in [0.2, 0.25) is 11.8 Å². The van der Waals surface area contributed by atoms with E-state index in [0.717, 1.165) is 19.5 Å². The van der Waals surface area contributed by atoms with Gasteiger partial charge in [-0.3, -0.25) is 19.4 Å². The molecule has 2 amide bonds. The minimum Gasteiger partial charge on any atom is -0.435 e. The van der Waals surface area contributed by atoms with E-state index in [1.165, 1.54) is 24.3 Å². The quantitative estimate of drug-likeness (QED) is 0.663. The second kappa shape index (κ2) is 10.9. The number of benzene rings is 1. The Morgan fingerprint density at radius 3 is 2.07 bits per heavy atom. The zero-order valence-electron chi connectivity index (χ0n) is 16.3. The third-order valence-corrected chi connectivity index (χ3v) is 4.58. The van der Waals surface area contributed by atoms with Crippen LogP contribution in [0.2, 0.25) is 0 Å². The number of halogens is 2. The normalized spacial score (nSPS) is 16.6. The van der Waals surface area contributed by atoms with Crippen molar-refractivity contribution in [1.82, 2.24) is 15.1 Å². The highest BCUT2D eigenvalue weighted by atomic mass is 19.3. The van der Waals surface area contributed by atoms with Crippen LogP contribution in [0, 0.1) is 0 Å². The highest BCUT2D eigenvalue weighted by Crippen LogP contribution is 2.17. The molecule has 0 bridgehead atoms. The monoisotopic (exact) mass is 398 g/mol. The zero-order chi connectivity index (χ0) is 20.5. The van der Waals surface area contributed by atoms with Crippen LogP contribution in [-0.4, -0.2) is 73.5 Å². The maximum atomic E-state index is 12.2. The van der Waals surface area contributed by atoms with Crippen molar-refractivity contribution < 1.29 is 23.1 Å². The maximum absolute atomic E-state index is 12.2. The molecule has 9 heteroatoms. The first-order chi connectivity index (χ1) is 13.4. The molecule has 0 radical (unpaired) electrons. The highest BCUT2D eigenvalue weighted by Gasteiger charge is 2.21. The molecule has 1 atom stereocenters. The molecule has 1 aromatic carbocycles. The Bertz CT molecular complexity index is 635. The summed E-state index contributed by atoms with van der Waals surface area (Å²) in [6, 6.07) is 5.97. The van der Waals surface area contributed by atoms with Gasteiger partial charge in [0.25, 0.3) is 0 Å². The van der Waals surface area contributed by atoms with Crippen molar-refractivity contribution in [2.75, 3.05) is 44.6 Å². The predicted octanol–water partition coefficient (Wildman–Crippen LogP) is 1.76. The van der Waals surface area contributed by atoms with Crippen molar-refractivity contribution in [3.8, 4) is 5.75 Å². The molecule has 2 N–H and O–H groups in total. The van der Waals surface area contributed by atoms with E-state index in [0.29, 0.717) is 25.3 Å². The fourth-order valence-electron chi connectivity index (χ4n) is 2.85. The molecule has 0 aliphatic carbocycles. The third-order valence-electron chi connectivity index (χ3n) is 4.58. The summed E-state index contributed by atoms with van der Waals surface area (Å²) in [5, 5.41) is 5.69. The minimum atomic E-state index is -2.87. The van der Waals surface area contributed by atoms with Gasteiger partial charge in [0, 0.05) is 37.9 Å². The van der Waals surface area contributed by atoms with Crippen molar-refractivity contribution in [3.63, 3.8) is 0 Å². The lowest BCUT2D eigenvalue weighted by atomic mass is 10.2. The molecule has 1 unspecified atom stereocenters. The van der Waals surface area contributed by atoms with Crippen LogP contribution in [0.1, 0.15) is 20.3 Å². The molecule has 1 saturated heterocycles. The topological polar surface area (TPSA) is 73.9 Å². The van der Waals surface area contributed by atoms with Crippen LogP contribution in [0.5, 0.6) is 5.75 Å². The molecule has 0 spiro atoms. The van der Waals surface area contributed by atoms with Crippen molar-refractivity contribution in [2.24, 2.45) is 0 Å². The Hall–Kier alpha value is -2.26. The molecular formula is C19H28F2N4O3. The van der Waals surface area contributed by atoms with Gasteiger partial charge in [0.05, 0.1) is 13.1 Å². The number of hydrogen-bond donors (Lipinski definition) is 2. The first-order valence-electron chi connectivity index (χ1n) is 9.44. The fourth-order valence-corrected chi connectivity index (χ4v) is 2.85. The van der Waals surface area contributed by atoms with Gasteiger partial charge in [0.15, 0.2) is 0 Å². The molecule has 0 saturated carbocycles. The van der Waals surface area contributed by atoms with E-state index in [-0.39, 0.29) is 30.2 Å². The summed E-state index contributed by atoms with van der Waals surface area (Å²) >= 11 is 0. The van der Waals surface area contributed by atoms with E-state index in [2.05, 4.69) is 20.3 Å². The molecule has 1 heterocycles. The van der Waals surface area contributed by atoms with Crippen LogP contribution in [0.25, 0.3) is 0 Å². The summed E-state index contributed by atoms with van der Waals surface area (Å²) in [6.07, 6.45) is 0.899. The molecule has 0 aromatic heterocycles. The summed E-state index contributed by atoms with van der Waals surface area (Å²) in [7, 11) is 0. The van der Waals surface area contributed by atoms with Gasteiger partial charge in [-0.1, -0.05) is 6.92 Å². The summed E-state index contributed by atoms with van der Waals surface area (Å²) in [5.74, 6) is -0.105. The molecule has 156 valence electrons. The molecule has 2 rings (SSSR count). The van der Waals surface area contributed by atoms with Gasteiger partial charge >= 0.3 is 6.61 Å². The largest absolute Gasteiger partial charge is 0.435 e. The average molecular weight is 398 g/mol. The van der Waals surface area contributed by atoms with Crippen LogP contribution in [0.15, 0.2) is 24.3 Å². The highest BCUT2D eigenvalue weighted by molar-refractivity contribution is 5.92. The first kappa shape index (κ1) is 22.0. The lowest BCUT2D eigenvalue weighted by Gasteiger charge is -2.34. The van der Waals surface area contributed by atoms with Gasteiger partial charge in [-0.05, 0) is 37.6 Å². The molecule has 1 aliphatic heterocycles. The summed E-state index contributed by atoms with van der Waals surface area (Å²) in [4.78, 5) is 28.2. The van der Waals surface area contributed by atoms with E-state index in [1.807, 2.05) is 18.7 Å². The second-order valence-corrected chi connectivity index (χ2v) is 6.88. The molecule has 28 heavy (non-hydrogen) atoms. The van der Waals surface area contributed by atoms with Gasteiger partial charge < -0.3 is 15.4 Å². The minimum absolute atomic E-state index is 0.0276. The SMILES string of the molecule is CCC(C)NC(=O)CN1CCN(CC(=O)Nc2ccc(OC(F)F)cc2)CC1. The average Bonchev–Trinajstić information content (AvgIpc) is 2.64.